The fraction of sp³-hybridized carbons (Fsp3) is 0.167. The average Bonchev–Trinajstić information content (AvgIpc) is 3.25. The van der Waals surface area contributed by atoms with E-state index in [1.807, 2.05) is 48.5 Å². The third-order valence-corrected chi connectivity index (χ3v) is 8.29. The molecule has 3 N–H and O–H groups in total. The first-order valence-electron chi connectivity index (χ1n) is 14.7. The standard InChI is InChI=1S/C26H27N3O.C10H8O3S/c1-3-14-27-17-20-10-6-13-23-22-12-7-11-21(16-24(22)29-25(20)23)28-26(30)19-9-5-8-18(4-2)15-19;11-14(12,13)10-7-3-5-8-4-1-2-6-9(8)10/h5-13,15-16,27H,3-4,14,17H2,1-2H3,(H,28,30);1-7H,(H,11,12,13). The summed E-state index contributed by atoms with van der Waals surface area (Å²) < 4.78 is 31.0. The molecule has 1 aliphatic heterocycles. The molecule has 6 rings (SSSR count). The van der Waals surface area contributed by atoms with Gasteiger partial charge in [0.1, 0.15) is 4.90 Å². The van der Waals surface area contributed by atoms with Crippen LogP contribution in [0.15, 0.2) is 114 Å². The summed E-state index contributed by atoms with van der Waals surface area (Å²) in [5, 5.41) is 8.97. The van der Waals surface area contributed by atoms with Crippen molar-refractivity contribution < 1.29 is 17.8 Å². The Morgan fingerprint density at radius 2 is 1.55 bits per heavy atom. The summed E-state index contributed by atoms with van der Waals surface area (Å²) in [6.07, 6.45) is 2.01. The van der Waals surface area contributed by atoms with Gasteiger partial charge in [-0.25, -0.2) is 4.98 Å². The molecule has 0 aromatic heterocycles. The Kier molecular flexibility index (Phi) is 9.65. The minimum atomic E-state index is -4.13. The zero-order valence-corrected chi connectivity index (χ0v) is 25.6. The van der Waals surface area contributed by atoms with E-state index in [2.05, 4.69) is 48.7 Å². The number of para-hydroxylation sites is 1. The van der Waals surface area contributed by atoms with Crippen LogP contribution in [0.5, 0.6) is 0 Å². The fourth-order valence-corrected chi connectivity index (χ4v) is 5.88. The number of benzene rings is 4. The third-order valence-electron chi connectivity index (χ3n) is 7.37. The Morgan fingerprint density at radius 3 is 2.34 bits per heavy atom. The van der Waals surface area contributed by atoms with Gasteiger partial charge in [-0.05, 0) is 66.2 Å². The van der Waals surface area contributed by atoms with Crippen LogP contribution in [0, 0.1) is 0 Å². The number of hydrogen-bond acceptors (Lipinski definition) is 5. The van der Waals surface area contributed by atoms with Gasteiger partial charge < -0.3 is 10.6 Å². The second kappa shape index (κ2) is 13.8. The Bertz CT molecular complexity index is 2000. The van der Waals surface area contributed by atoms with Crippen molar-refractivity contribution >= 4 is 43.4 Å². The molecule has 2 aliphatic rings. The van der Waals surface area contributed by atoms with Gasteiger partial charge in [-0.2, -0.15) is 8.42 Å². The van der Waals surface area contributed by atoms with Crippen molar-refractivity contribution in [1.82, 2.24) is 10.3 Å². The SMILES string of the molecule is CCCNCc1cccc2c3cccc(NC(=O)c4cccc(CC)c4)cc-3nc12.O=S(=O)(O)c1cccc2ccccc12. The van der Waals surface area contributed by atoms with Crippen LogP contribution in [0.2, 0.25) is 0 Å². The van der Waals surface area contributed by atoms with E-state index < -0.39 is 10.1 Å². The number of anilines is 1. The lowest BCUT2D eigenvalue weighted by molar-refractivity contribution is 0.102. The predicted molar refractivity (Wildman–Crippen MR) is 178 cm³/mol. The van der Waals surface area contributed by atoms with Crippen molar-refractivity contribution in [1.29, 1.82) is 0 Å². The van der Waals surface area contributed by atoms with Gasteiger partial charge in [-0.1, -0.05) is 92.7 Å². The number of aromatic nitrogens is 1. The molecule has 8 heteroatoms. The van der Waals surface area contributed by atoms with Crippen LogP contribution >= 0.6 is 0 Å². The van der Waals surface area contributed by atoms with Crippen LogP contribution < -0.4 is 10.6 Å². The van der Waals surface area contributed by atoms with Crippen molar-refractivity contribution in [3.05, 3.63) is 126 Å². The Labute approximate surface area is 258 Å². The van der Waals surface area contributed by atoms with Gasteiger partial charge in [0.05, 0.1) is 11.2 Å². The molecule has 0 radical (unpaired) electrons. The van der Waals surface area contributed by atoms with E-state index in [1.165, 1.54) is 11.6 Å². The van der Waals surface area contributed by atoms with E-state index in [-0.39, 0.29) is 10.8 Å². The quantitative estimate of drug-likeness (QED) is 0.121. The molecule has 0 bridgehead atoms. The number of amides is 1. The van der Waals surface area contributed by atoms with Crippen LogP contribution in [0.25, 0.3) is 32.9 Å². The molecule has 0 atom stereocenters. The number of rotatable bonds is 8. The number of aryl methyl sites for hydroxylation is 1. The number of carbonyl (C=O) groups excluding carboxylic acids is 1. The zero-order valence-electron chi connectivity index (χ0n) is 24.7. The van der Waals surface area contributed by atoms with E-state index in [9.17, 15) is 13.2 Å². The zero-order chi connectivity index (χ0) is 31.1. The summed E-state index contributed by atoms with van der Waals surface area (Å²) in [4.78, 5) is 17.6. The summed E-state index contributed by atoms with van der Waals surface area (Å²) >= 11 is 0. The highest BCUT2D eigenvalue weighted by Gasteiger charge is 2.15. The molecule has 0 saturated carbocycles. The van der Waals surface area contributed by atoms with Gasteiger partial charge in [-0.15, -0.1) is 0 Å². The summed E-state index contributed by atoms with van der Waals surface area (Å²) in [6.45, 7) is 6.04. The molecule has 1 heterocycles. The van der Waals surface area contributed by atoms with Gasteiger partial charge in [-0.3, -0.25) is 9.35 Å². The third kappa shape index (κ3) is 7.11. The molecule has 4 aromatic carbocycles. The van der Waals surface area contributed by atoms with E-state index >= 15 is 0 Å². The van der Waals surface area contributed by atoms with Crippen LogP contribution in [-0.2, 0) is 23.1 Å². The molecule has 7 nitrogen and oxygen atoms in total. The van der Waals surface area contributed by atoms with E-state index in [1.54, 1.807) is 30.3 Å². The smallest absolute Gasteiger partial charge is 0.295 e. The maximum absolute atomic E-state index is 12.8. The van der Waals surface area contributed by atoms with Crippen LogP contribution in [0.3, 0.4) is 0 Å². The maximum Gasteiger partial charge on any atom is 0.295 e. The van der Waals surface area contributed by atoms with E-state index in [4.69, 9.17) is 9.54 Å². The van der Waals surface area contributed by atoms with E-state index in [0.29, 0.717) is 10.9 Å². The Balaban J connectivity index is 0.000000229. The monoisotopic (exact) mass is 605 g/mol. The highest BCUT2D eigenvalue weighted by atomic mass is 32.2. The van der Waals surface area contributed by atoms with Gasteiger partial charge >= 0.3 is 0 Å². The first-order chi connectivity index (χ1) is 21.3. The van der Waals surface area contributed by atoms with Crippen molar-refractivity contribution in [2.45, 2.75) is 38.1 Å². The number of carbonyl (C=O) groups is 1. The molecule has 44 heavy (non-hydrogen) atoms. The molecule has 1 amide bonds. The van der Waals surface area contributed by atoms with Crippen LogP contribution in [0.4, 0.5) is 5.69 Å². The van der Waals surface area contributed by atoms with Crippen molar-refractivity contribution in [2.75, 3.05) is 11.9 Å². The summed E-state index contributed by atoms with van der Waals surface area (Å²) in [5.74, 6) is -0.106. The fourth-order valence-electron chi connectivity index (χ4n) is 5.16. The minimum absolute atomic E-state index is 0.0457. The molecule has 0 fully saturated rings. The molecular weight excluding hydrogens is 570 g/mol. The largest absolute Gasteiger partial charge is 0.322 e. The topological polar surface area (TPSA) is 108 Å². The van der Waals surface area contributed by atoms with Crippen molar-refractivity contribution in [2.24, 2.45) is 0 Å². The lowest BCUT2D eigenvalue weighted by Crippen LogP contribution is -2.13. The van der Waals surface area contributed by atoms with Gasteiger partial charge in [0, 0.05) is 34.1 Å². The van der Waals surface area contributed by atoms with Crippen LogP contribution in [-0.4, -0.2) is 30.4 Å². The molecule has 224 valence electrons. The minimum Gasteiger partial charge on any atom is -0.322 e. The molecule has 1 aliphatic carbocycles. The molecular formula is C36H35N3O4S. The first kappa shape index (κ1) is 30.8. The molecule has 0 spiro atoms. The predicted octanol–water partition coefficient (Wildman–Crippen LogP) is 7.74. The normalized spacial score (nSPS) is 11.3. The number of hydrogen-bond donors (Lipinski definition) is 3. The highest BCUT2D eigenvalue weighted by molar-refractivity contribution is 7.86. The number of nitrogens with zero attached hydrogens (tertiary/aromatic N) is 1. The molecule has 0 unspecified atom stereocenters. The van der Waals surface area contributed by atoms with Crippen molar-refractivity contribution in [3.63, 3.8) is 0 Å². The summed E-state index contributed by atoms with van der Waals surface area (Å²) in [7, 11) is -4.13. The molecule has 4 aromatic rings. The first-order valence-corrected chi connectivity index (χ1v) is 16.1. The number of fused-ring (bicyclic) bond motifs is 4. The maximum atomic E-state index is 12.8. The lowest BCUT2D eigenvalue weighted by Gasteiger charge is -2.05. The number of nitrogens with one attached hydrogen (secondary N) is 2. The average molecular weight is 606 g/mol. The summed E-state index contributed by atoms with van der Waals surface area (Å²) in [5.41, 5.74) is 6.76. The van der Waals surface area contributed by atoms with Gasteiger partial charge in [0.25, 0.3) is 16.0 Å². The highest BCUT2D eigenvalue weighted by Crippen LogP contribution is 2.33. The lowest BCUT2D eigenvalue weighted by atomic mass is 10.1. The van der Waals surface area contributed by atoms with Crippen LogP contribution in [0.1, 0.15) is 41.8 Å². The Hall–Kier alpha value is -4.63. The Morgan fingerprint density at radius 1 is 0.818 bits per heavy atom. The van der Waals surface area contributed by atoms with Gasteiger partial charge in [0.2, 0.25) is 0 Å². The summed E-state index contributed by atoms with van der Waals surface area (Å²) in [6, 6.07) is 33.8. The van der Waals surface area contributed by atoms with E-state index in [0.717, 1.165) is 64.7 Å². The molecule has 0 saturated heterocycles. The van der Waals surface area contributed by atoms with Gasteiger partial charge in [0.15, 0.2) is 0 Å². The second-order valence-electron chi connectivity index (χ2n) is 10.5. The second-order valence-corrected chi connectivity index (χ2v) is 11.9. The van der Waals surface area contributed by atoms with Crippen molar-refractivity contribution in [3.8, 4) is 11.3 Å².